The molecule has 0 N–H and O–H groups in total. The van der Waals surface area contributed by atoms with Gasteiger partial charge in [0.15, 0.2) is 0 Å². The third-order valence-corrected chi connectivity index (χ3v) is 4.12. The van der Waals surface area contributed by atoms with Crippen molar-refractivity contribution < 1.29 is 14.3 Å². The quantitative estimate of drug-likeness (QED) is 0.547. The fourth-order valence-electron chi connectivity index (χ4n) is 2.96. The molecule has 4 heteroatoms. The van der Waals surface area contributed by atoms with Crippen LogP contribution in [0.4, 0.5) is 0 Å². The van der Waals surface area contributed by atoms with Crippen LogP contribution in [0.25, 0.3) is 0 Å². The molecule has 96 valence electrons. The van der Waals surface area contributed by atoms with Crippen LogP contribution < -0.4 is 0 Å². The van der Waals surface area contributed by atoms with E-state index in [1.54, 1.807) is 0 Å². The highest BCUT2D eigenvalue weighted by molar-refractivity contribution is 5.69. The van der Waals surface area contributed by atoms with Gasteiger partial charge in [0.25, 0.3) is 0 Å². The summed E-state index contributed by atoms with van der Waals surface area (Å²) in [5.74, 6) is 0.670. The fourth-order valence-corrected chi connectivity index (χ4v) is 2.96. The largest absolute Gasteiger partial charge is 0.469 e. The van der Waals surface area contributed by atoms with Gasteiger partial charge in [-0.3, -0.25) is 9.69 Å². The summed E-state index contributed by atoms with van der Waals surface area (Å²) in [6, 6.07) is 0.639. The molecule has 0 amide bonds. The molecule has 1 saturated carbocycles. The Morgan fingerprint density at radius 1 is 1.29 bits per heavy atom. The van der Waals surface area contributed by atoms with Crippen molar-refractivity contribution in [2.45, 2.75) is 38.1 Å². The first kappa shape index (κ1) is 12.6. The molecule has 1 aliphatic carbocycles. The van der Waals surface area contributed by atoms with E-state index in [1.165, 1.54) is 7.11 Å². The van der Waals surface area contributed by atoms with Crippen LogP contribution in [0, 0.1) is 11.8 Å². The number of rotatable bonds is 4. The van der Waals surface area contributed by atoms with E-state index in [0.29, 0.717) is 24.3 Å². The van der Waals surface area contributed by atoms with Crippen LogP contribution in [-0.2, 0) is 14.3 Å². The van der Waals surface area contributed by atoms with Gasteiger partial charge >= 0.3 is 5.97 Å². The van der Waals surface area contributed by atoms with Crippen LogP contribution in [0.2, 0.25) is 0 Å². The standard InChI is InChI=1S/C13H21NO3/c1-17-13(16)6-11-7-14(8-11)12-4-2-10(9-15)3-5-12/h9-12H,2-8H2,1H3. The Hall–Kier alpha value is -0.900. The van der Waals surface area contributed by atoms with E-state index in [4.69, 9.17) is 0 Å². The molecule has 1 saturated heterocycles. The van der Waals surface area contributed by atoms with Crippen LogP contribution >= 0.6 is 0 Å². The fraction of sp³-hybridized carbons (Fsp3) is 0.846. The summed E-state index contributed by atoms with van der Waals surface area (Å²) in [5.41, 5.74) is 0. The number of carbonyl (C=O) groups is 2. The molecular formula is C13H21NO3. The van der Waals surface area contributed by atoms with Crippen molar-refractivity contribution in [2.24, 2.45) is 11.8 Å². The number of likely N-dealkylation sites (tertiary alicyclic amines) is 1. The van der Waals surface area contributed by atoms with Crippen molar-refractivity contribution in [1.82, 2.24) is 4.90 Å². The normalized spacial score (nSPS) is 30.6. The number of hydrogen-bond acceptors (Lipinski definition) is 4. The first-order valence-corrected chi connectivity index (χ1v) is 6.49. The van der Waals surface area contributed by atoms with E-state index >= 15 is 0 Å². The number of esters is 1. The number of nitrogens with zero attached hydrogens (tertiary/aromatic N) is 1. The molecule has 0 atom stereocenters. The Bertz CT molecular complexity index is 278. The summed E-state index contributed by atoms with van der Waals surface area (Å²) < 4.78 is 4.67. The van der Waals surface area contributed by atoms with Crippen molar-refractivity contribution in [1.29, 1.82) is 0 Å². The van der Waals surface area contributed by atoms with Crippen molar-refractivity contribution >= 4 is 12.3 Å². The zero-order valence-corrected chi connectivity index (χ0v) is 10.4. The maximum absolute atomic E-state index is 11.1. The van der Waals surface area contributed by atoms with Crippen LogP contribution in [0.1, 0.15) is 32.1 Å². The van der Waals surface area contributed by atoms with E-state index in [0.717, 1.165) is 45.1 Å². The summed E-state index contributed by atoms with van der Waals surface area (Å²) >= 11 is 0. The van der Waals surface area contributed by atoms with E-state index in [9.17, 15) is 9.59 Å². The number of methoxy groups -OCH3 is 1. The van der Waals surface area contributed by atoms with Gasteiger partial charge in [-0.05, 0) is 31.6 Å². The van der Waals surface area contributed by atoms with Crippen LogP contribution in [0.15, 0.2) is 0 Å². The maximum Gasteiger partial charge on any atom is 0.305 e. The average molecular weight is 239 g/mol. The number of ether oxygens (including phenoxy) is 1. The molecule has 1 aliphatic heterocycles. The van der Waals surface area contributed by atoms with Gasteiger partial charge < -0.3 is 9.53 Å². The molecule has 0 spiro atoms. The highest BCUT2D eigenvalue weighted by Gasteiger charge is 2.35. The van der Waals surface area contributed by atoms with Gasteiger partial charge in [0.1, 0.15) is 6.29 Å². The minimum absolute atomic E-state index is 0.0979. The van der Waals surface area contributed by atoms with Gasteiger partial charge in [-0.1, -0.05) is 0 Å². The van der Waals surface area contributed by atoms with Gasteiger partial charge in [0.05, 0.1) is 13.5 Å². The minimum atomic E-state index is -0.0979. The summed E-state index contributed by atoms with van der Waals surface area (Å²) in [4.78, 5) is 24.2. The van der Waals surface area contributed by atoms with Gasteiger partial charge in [-0.2, -0.15) is 0 Å². The summed E-state index contributed by atoms with van der Waals surface area (Å²) in [5, 5.41) is 0. The molecule has 0 aromatic heterocycles. The molecule has 0 aromatic rings. The molecule has 17 heavy (non-hydrogen) atoms. The lowest BCUT2D eigenvalue weighted by Crippen LogP contribution is -2.53. The smallest absolute Gasteiger partial charge is 0.305 e. The maximum atomic E-state index is 11.1. The zero-order valence-electron chi connectivity index (χ0n) is 10.4. The average Bonchev–Trinajstić information content (AvgIpc) is 2.33. The van der Waals surface area contributed by atoms with Crippen LogP contribution in [0.5, 0.6) is 0 Å². The van der Waals surface area contributed by atoms with E-state index in [1.807, 2.05) is 0 Å². The Morgan fingerprint density at radius 3 is 2.47 bits per heavy atom. The molecule has 0 bridgehead atoms. The lowest BCUT2D eigenvalue weighted by atomic mass is 9.83. The van der Waals surface area contributed by atoms with Gasteiger partial charge in [0.2, 0.25) is 0 Å². The van der Waals surface area contributed by atoms with Crippen LogP contribution in [-0.4, -0.2) is 43.4 Å². The highest BCUT2D eigenvalue weighted by Crippen LogP contribution is 2.31. The van der Waals surface area contributed by atoms with Crippen molar-refractivity contribution in [2.75, 3.05) is 20.2 Å². The summed E-state index contributed by atoms with van der Waals surface area (Å²) in [6.45, 7) is 2.04. The Morgan fingerprint density at radius 2 is 1.94 bits per heavy atom. The molecule has 1 heterocycles. The lowest BCUT2D eigenvalue weighted by molar-refractivity contribution is -0.143. The molecular weight excluding hydrogens is 218 g/mol. The molecule has 2 aliphatic rings. The lowest BCUT2D eigenvalue weighted by Gasteiger charge is -2.46. The number of hydrogen-bond donors (Lipinski definition) is 0. The Balaban J connectivity index is 1.66. The van der Waals surface area contributed by atoms with E-state index < -0.39 is 0 Å². The van der Waals surface area contributed by atoms with Crippen molar-refractivity contribution in [3.8, 4) is 0 Å². The monoisotopic (exact) mass is 239 g/mol. The van der Waals surface area contributed by atoms with Crippen molar-refractivity contribution in [3.05, 3.63) is 0 Å². The Kier molecular flexibility index (Phi) is 4.15. The highest BCUT2D eigenvalue weighted by atomic mass is 16.5. The minimum Gasteiger partial charge on any atom is -0.469 e. The predicted molar refractivity (Wildman–Crippen MR) is 63.5 cm³/mol. The van der Waals surface area contributed by atoms with Gasteiger partial charge in [0, 0.05) is 25.0 Å². The van der Waals surface area contributed by atoms with Gasteiger partial charge in [-0.15, -0.1) is 0 Å². The molecule has 0 radical (unpaired) electrons. The predicted octanol–water partition coefficient (Wildman–Crippen LogP) is 1.24. The first-order valence-electron chi connectivity index (χ1n) is 6.49. The second-order valence-corrected chi connectivity index (χ2v) is 5.30. The zero-order chi connectivity index (χ0) is 12.3. The molecule has 2 fully saturated rings. The molecule has 0 unspecified atom stereocenters. The van der Waals surface area contributed by atoms with Gasteiger partial charge in [-0.25, -0.2) is 0 Å². The number of carbonyl (C=O) groups excluding carboxylic acids is 2. The molecule has 0 aromatic carbocycles. The molecule has 2 rings (SSSR count). The van der Waals surface area contributed by atoms with E-state index in [2.05, 4.69) is 9.64 Å². The topological polar surface area (TPSA) is 46.6 Å². The third kappa shape index (κ3) is 3.06. The first-order chi connectivity index (χ1) is 8.22. The van der Waals surface area contributed by atoms with Crippen molar-refractivity contribution in [3.63, 3.8) is 0 Å². The summed E-state index contributed by atoms with van der Waals surface area (Å²) in [7, 11) is 1.44. The van der Waals surface area contributed by atoms with E-state index in [-0.39, 0.29) is 5.97 Å². The summed E-state index contributed by atoms with van der Waals surface area (Å²) in [6.07, 6.45) is 5.99. The third-order valence-electron chi connectivity index (χ3n) is 4.12. The molecule has 4 nitrogen and oxygen atoms in total. The SMILES string of the molecule is COC(=O)CC1CN(C2CCC(C=O)CC2)C1. The number of aldehydes is 1. The Labute approximate surface area is 102 Å². The second-order valence-electron chi connectivity index (χ2n) is 5.30. The second kappa shape index (κ2) is 5.63. The van der Waals surface area contributed by atoms with Crippen LogP contribution in [0.3, 0.4) is 0 Å².